The Morgan fingerprint density at radius 3 is 2.97 bits per heavy atom. The van der Waals surface area contributed by atoms with E-state index in [2.05, 4.69) is 4.90 Å². The van der Waals surface area contributed by atoms with Crippen LogP contribution in [-0.4, -0.2) is 43.3 Å². The van der Waals surface area contributed by atoms with E-state index in [4.69, 9.17) is 18.9 Å². The van der Waals surface area contributed by atoms with Gasteiger partial charge in [-0.3, -0.25) is 9.69 Å². The number of benzene rings is 2. The zero-order valence-electron chi connectivity index (χ0n) is 18.0. The van der Waals surface area contributed by atoms with Gasteiger partial charge in [-0.1, -0.05) is 18.2 Å². The molecule has 0 radical (unpaired) electrons. The number of rotatable bonds is 5. The van der Waals surface area contributed by atoms with Crippen molar-refractivity contribution in [1.82, 2.24) is 4.90 Å². The molecule has 0 spiro atoms. The van der Waals surface area contributed by atoms with Gasteiger partial charge in [0.15, 0.2) is 5.76 Å². The van der Waals surface area contributed by atoms with Crippen LogP contribution < -0.4 is 14.2 Å². The van der Waals surface area contributed by atoms with E-state index < -0.39 is 0 Å². The van der Waals surface area contributed by atoms with Gasteiger partial charge < -0.3 is 18.9 Å². The first-order chi connectivity index (χ1) is 15.1. The predicted molar refractivity (Wildman–Crippen MR) is 117 cm³/mol. The first-order valence-electron chi connectivity index (χ1n) is 10.9. The molecular formula is C25H27NO5. The smallest absolute Gasteiger partial charge is 0.232 e. The van der Waals surface area contributed by atoms with Crippen molar-refractivity contribution >= 4 is 11.9 Å². The van der Waals surface area contributed by atoms with E-state index in [1.54, 1.807) is 6.08 Å². The van der Waals surface area contributed by atoms with Crippen LogP contribution in [0.1, 0.15) is 46.8 Å². The van der Waals surface area contributed by atoms with Crippen LogP contribution >= 0.6 is 0 Å². The number of Topliss-reactive ketones (excluding diaryl/α,β-unsaturated/α-hetero) is 1. The Bertz CT molecular complexity index is 1040. The van der Waals surface area contributed by atoms with Crippen LogP contribution in [0.15, 0.2) is 36.1 Å². The third kappa shape index (κ3) is 3.82. The zero-order valence-corrected chi connectivity index (χ0v) is 18.0. The Balaban J connectivity index is 1.46. The molecule has 31 heavy (non-hydrogen) atoms. The number of carbonyl (C=O) groups is 1. The summed E-state index contributed by atoms with van der Waals surface area (Å²) in [6.07, 6.45) is 4.21. The number of nitrogens with zero attached hydrogens (tertiary/aromatic N) is 1. The molecular weight excluding hydrogens is 394 g/mol. The predicted octanol–water partition coefficient (Wildman–Crippen LogP) is 4.34. The third-order valence-electron chi connectivity index (χ3n) is 5.98. The van der Waals surface area contributed by atoms with E-state index in [9.17, 15) is 4.79 Å². The summed E-state index contributed by atoms with van der Waals surface area (Å²) in [5.41, 5.74) is 3.25. The molecule has 3 heterocycles. The summed E-state index contributed by atoms with van der Waals surface area (Å²) in [5.74, 6) is 2.36. The van der Waals surface area contributed by atoms with Crippen molar-refractivity contribution in [3.63, 3.8) is 0 Å². The minimum Gasteiger partial charge on any atom is -0.493 e. The van der Waals surface area contributed by atoms with Crippen LogP contribution in [0.4, 0.5) is 0 Å². The summed E-state index contributed by atoms with van der Waals surface area (Å²) < 4.78 is 23.7. The van der Waals surface area contributed by atoms with Gasteiger partial charge >= 0.3 is 0 Å². The van der Waals surface area contributed by atoms with Crippen LogP contribution in [0.3, 0.4) is 0 Å². The molecule has 0 N–H and O–H groups in total. The Kier molecular flexibility index (Phi) is 5.42. The van der Waals surface area contributed by atoms with Gasteiger partial charge in [-0.15, -0.1) is 0 Å². The quantitative estimate of drug-likeness (QED) is 0.670. The molecule has 6 nitrogen and oxygen atoms in total. The van der Waals surface area contributed by atoms with Gasteiger partial charge in [0.05, 0.1) is 23.8 Å². The molecule has 162 valence electrons. The van der Waals surface area contributed by atoms with Crippen LogP contribution in [0.5, 0.6) is 17.2 Å². The summed E-state index contributed by atoms with van der Waals surface area (Å²) in [5, 5.41) is 0. The monoisotopic (exact) mass is 421 g/mol. The number of aryl methyl sites for hydroxylation is 1. The Morgan fingerprint density at radius 2 is 2.16 bits per heavy atom. The van der Waals surface area contributed by atoms with Crippen LogP contribution in [0.25, 0.3) is 6.08 Å². The van der Waals surface area contributed by atoms with E-state index in [1.165, 1.54) is 0 Å². The van der Waals surface area contributed by atoms with Gasteiger partial charge in [0.2, 0.25) is 5.78 Å². The van der Waals surface area contributed by atoms with Crippen molar-refractivity contribution < 1.29 is 23.7 Å². The second-order valence-corrected chi connectivity index (χ2v) is 8.20. The topological polar surface area (TPSA) is 57.2 Å². The van der Waals surface area contributed by atoms with Gasteiger partial charge in [0, 0.05) is 25.3 Å². The molecule has 5 rings (SSSR count). The number of fused-ring (bicyclic) bond motifs is 3. The van der Waals surface area contributed by atoms with E-state index >= 15 is 0 Å². The maximum absolute atomic E-state index is 13.2. The van der Waals surface area contributed by atoms with E-state index in [-0.39, 0.29) is 11.9 Å². The molecule has 1 saturated heterocycles. The fraction of sp³-hybridized carbons (Fsp3) is 0.400. The van der Waals surface area contributed by atoms with Crippen molar-refractivity contribution in [1.29, 1.82) is 0 Å². The molecule has 1 atom stereocenters. The molecule has 0 saturated carbocycles. The second-order valence-electron chi connectivity index (χ2n) is 8.20. The fourth-order valence-corrected chi connectivity index (χ4v) is 4.50. The summed E-state index contributed by atoms with van der Waals surface area (Å²) in [6, 6.07) is 9.61. The number of carbonyl (C=O) groups excluding carboxylic acids is 1. The highest BCUT2D eigenvalue weighted by Crippen LogP contribution is 2.44. The maximum Gasteiger partial charge on any atom is 0.232 e. The van der Waals surface area contributed by atoms with E-state index in [1.807, 2.05) is 44.2 Å². The average Bonchev–Trinajstić information content (AvgIpc) is 3.39. The number of hydrogen-bond donors (Lipinski definition) is 0. The molecule has 1 fully saturated rings. The van der Waals surface area contributed by atoms with Crippen molar-refractivity contribution in [2.45, 2.75) is 39.3 Å². The minimum atomic E-state index is -0.0992. The van der Waals surface area contributed by atoms with Gasteiger partial charge in [0.1, 0.15) is 24.0 Å². The molecule has 0 aromatic heterocycles. The number of para-hydroxylation sites is 1. The third-order valence-corrected chi connectivity index (χ3v) is 5.98. The highest BCUT2D eigenvalue weighted by atomic mass is 16.5. The SMILES string of the molecule is CCOc1ccccc1/C=C1\Oc2c3c(cc(C)c2C1=O)OCN(CC1CCCO1)C3. The van der Waals surface area contributed by atoms with Crippen molar-refractivity contribution in [2.75, 3.05) is 26.5 Å². The van der Waals surface area contributed by atoms with Crippen LogP contribution in [0.2, 0.25) is 0 Å². The first kappa shape index (κ1) is 20.1. The molecule has 6 heteroatoms. The molecule has 3 aliphatic heterocycles. The molecule has 1 unspecified atom stereocenters. The zero-order chi connectivity index (χ0) is 21.4. The second kappa shape index (κ2) is 8.36. The van der Waals surface area contributed by atoms with Gasteiger partial charge in [-0.2, -0.15) is 0 Å². The molecule has 0 aliphatic carbocycles. The fourth-order valence-electron chi connectivity index (χ4n) is 4.50. The number of hydrogen-bond acceptors (Lipinski definition) is 6. The molecule has 0 amide bonds. The van der Waals surface area contributed by atoms with Gasteiger partial charge in [0.25, 0.3) is 0 Å². The molecule has 2 aromatic carbocycles. The van der Waals surface area contributed by atoms with E-state index in [0.717, 1.165) is 54.2 Å². The van der Waals surface area contributed by atoms with Crippen molar-refractivity contribution in [2.24, 2.45) is 0 Å². The lowest BCUT2D eigenvalue weighted by molar-refractivity contribution is 0.0273. The Hall–Kier alpha value is -2.83. The maximum atomic E-state index is 13.2. The highest BCUT2D eigenvalue weighted by Gasteiger charge is 2.36. The summed E-state index contributed by atoms with van der Waals surface area (Å²) >= 11 is 0. The van der Waals surface area contributed by atoms with Gasteiger partial charge in [-0.25, -0.2) is 0 Å². The summed E-state index contributed by atoms with van der Waals surface area (Å²) in [4.78, 5) is 15.4. The first-order valence-corrected chi connectivity index (χ1v) is 10.9. The molecule has 3 aliphatic rings. The lowest BCUT2D eigenvalue weighted by Gasteiger charge is -2.31. The van der Waals surface area contributed by atoms with Crippen LogP contribution in [-0.2, 0) is 11.3 Å². The largest absolute Gasteiger partial charge is 0.493 e. The number of ether oxygens (including phenoxy) is 4. The lowest BCUT2D eigenvalue weighted by Crippen LogP contribution is -2.37. The molecule has 2 aromatic rings. The van der Waals surface area contributed by atoms with Crippen LogP contribution in [0, 0.1) is 6.92 Å². The minimum absolute atomic E-state index is 0.0992. The summed E-state index contributed by atoms with van der Waals surface area (Å²) in [7, 11) is 0. The van der Waals surface area contributed by atoms with E-state index in [0.29, 0.717) is 37.0 Å². The van der Waals surface area contributed by atoms with Crippen molar-refractivity contribution in [3.8, 4) is 17.2 Å². The Morgan fingerprint density at radius 1 is 1.29 bits per heavy atom. The van der Waals surface area contributed by atoms with Gasteiger partial charge in [-0.05, 0) is 50.5 Å². The summed E-state index contributed by atoms with van der Waals surface area (Å²) in [6.45, 7) is 7.27. The standard InChI is InChI=1S/C25H27NO5/c1-3-28-20-9-5-4-7-17(20)12-22-24(27)23-16(2)11-21-19(25(23)31-22)14-26(15-30-21)13-18-8-6-10-29-18/h4-5,7,9,11-12,18H,3,6,8,10,13-15H2,1-2H3/b22-12-. The normalized spacial score (nSPS) is 21.5. The number of ketones is 1. The molecule has 0 bridgehead atoms. The highest BCUT2D eigenvalue weighted by molar-refractivity contribution is 6.16. The van der Waals surface area contributed by atoms with Crippen molar-refractivity contribution in [3.05, 3.63) is 58.3 Å². The lowest BCUT2D eigenvalue weighted by atomic mass is 9.98. The average molecular weight is 421 g/mol. The number of allylic oxidation sites excluding steroid dienone is 1. The Labute approximate surface area is 182 Å².